The normalized spacial score (nSPS) is 11.4. The standard InChI is InChI=1S/C19H18ClFN2O4/c1-12(24)22-17(13-5-3-2-4-6-13)10-19(26)27-11-18(25)23-14-7-8-16(21)15(20)9-14/h2-9,17H,10-11H2,1H3,(H,22,24)(H,23,25)/t17-/m1/s1. The van der Waals surface area contributed by atoms with Gasteiger partial charge in [-0.2, -0.15) is 0 Å². The van der Waals surface area contributed by atoms with Gasteiger partial charge >= 0.3 is 5.97 Å². The van der Waals surface area contributed by atoms with Crippen molar-refractivity contribution in [2.24, 2.45) is 0 Å². The minimum Gasteiger partial charge on any atom is -0.455 e. The second kappa shape index (κ2) is 9.68. The van der Waals surface area contributed by atoms with Crippen LogP contribution in [0.2, 0.25) is 5.02 Å². The molecule has 0 fully saturated rings. The van der Waals surface area contributed by atoms with Crippen LogP contribution in [0.15, 0.2) is 48.5 Å². The fraction of sp³-hybridized carbons (Fsp3) is 0.211. The molecule has 0 heterocycles. The first-order chi connectivity index (χ1) is 12.8. The van der Waals surface area contributed by atoms with Crippen molar-refractivity contribution in [3.8, 4) is 0 Å². The molecule has 2 amide bonds. The molecule has 2 N–H and O–H groups in total. The molecule has 2 rings (SSSR count). The first-order valence-corrected chi connectivity index (χ1v) is 8.45. The van der Waals surface area contributed by atoms with E-state index >= 15 is 0 Å². The number of nitrogens with one attached hydrogen (secondary N) is 2. The Morgan fingerprint density at radius 1 is 1.15 bits per heavy atom. The number of hydrogen-bond acceptors (Lipinski definition) is 4. The zero-order chi connectivity index (χ0) is 19.8. The van der Waals surface area contributed by atoms with Crippen LogP contribution in [0.5, 0.6) is 0 Å². The van der Waals surface area contributed by atoms with Gasteiger partial charge in [0, 0.05) is 12.6 Å². The first kappa shape index (κ1) is 20.4. The van der Waals surface area contributed by atoms with Crippen LogP contribution in [0.3, 0.4) is 0 Å². The van der Waals surface area contributed by atoms with E-state index in [0.29, 0.717) is 0 Å². The highest BCUT2D eigenvalue weighted by atomic mass is 35.5. The van der Waals surface area contributed by atoms with Gasteiger partial charge in [-0.15, -0.1) is 0 Å². The third-order valence-electron chi connectivity index (χ3n) is 3.52. The molecule has 2 aromatic rings. The molecular formula is C19H18ClFN2O4. The van der Waals surface area contributed by atoms with E-state index < -0.39 is 30.3 Å². The lowest BCUT2D eigenvalue weighted by atomic mass is 10.0. The maximum absolute atomic E-state index is 13.1. The van der Waals surface area contributed by atoms with Crippen LogP contribution in [-0.2, 0) is 19.1 Å². The monoisotopic (exact) mass is 392 g/mol. The fourth-order valence-electron chi connectivity index (χ4n) is 2.33. The number of rotatable bonds is 7. The molecular weight excluding hydrogens is 375 g/mol. The second-order valence-corrected chi connectivity index (χ2v) is 6.11. The van der Waals surface area contributed by atoms with Gasteiger partial charge in [0.1, 0.15) is 5.82 Å². The predicted octanol–water partition coefficient (Wildman–Crippen LogP) is 3.23. The Balaban J connectivity index is 1.88. The van der Waals surface area contributed by atoms with Crippen LogP contribution in [0, 0.1) is 5.82 Å². The SMILES string of the molecule is CC(=O)N[C@H](CC(=O)OCC(=O)Nc1ccc(F)c(Cl)c1)c1ccccc1. The van der Waals surface area contributed by atoms with Crippen LogP contribution in [0.1, 0.15) is 24.9 Å². The number of anilines is 1. The number of carbonyl (C=O) groups is 3. The summed E-state index contributed by atoms with van der Waals surface area (Å²) in [6.45, 7) is 0.831. The number of hydrogen-bond donors (Lipinski definition) is 2. The molecule has 0 saturated heterocycles. The largest absolute Gasteiger partial charge is 0.455 e. The molecule has 0 aromatic heterocycles. The lowest BCUT2D eigenvalue weighted by molar-refractivity contribution is -0.148. The van der Waals surface area contributed by atoms with Crippen molar-refractivity contribution >= 4 is 35.1 Å². The zero-order valence-electron chi connectivity index (χ0n) is 14.5. The molecule has 0 aliphatic rings. The number of halogens is 2. The van der Waals surface area contributed by atoms with Crippen LogP contribution >= 0.6 is 11.6 Å². The second-order valence-electron chi connectivity index (χ2n) is 5.71. The average molecular weight is 393 g/mol. The molecule has 0 saturated carbocycles. The van der Waals surface area contributed by atoms with Gasteiger partial charge in [0.05, 0.1) is 17.5 Å². The molecule has 6 nitrogen and oxygen atoms in total. The van der Waals surface area contributed by atoms with Gasteiger partial charge in [0.2, 0.25) is 5.91 Å². The van der Waals surface area contributed by atoms with Crippen LogP contribution in [0.4, 0.5) is 10.1 Å². The molecule has 0 unspecified atom stereocenters. The number of ether oxygens (including phenoxy) is 1. The summed E-state index contributed by atoms with van der Waals surface area (Å²) in [5, 5.41) is 4.99. The Kier molecular flexibility index (Phi) is 7.31. The van der Waals surface area contributed by atoms with Crippen LogP contribution < -0.4 is 10.6 Å². The number of benzene rings is 2. The molecule has 142 valence electrons. The van der Waals surface area contributed by atoms with E-state index in [0.717, 1.165) is 11.6 Å². The average Bonchev–Trinajstić information content (AvgIpc) is 2.63. The van der Waals surface area contributed by atoms with Gasteiger partial charge in [0.25, 0.3) is 5.91 Å². The lowest BCUT2D eigenvalue weighted by Crippen LogP contribution is -2.29. The maximum atomic E-state index is 13.1. The first-order valence-electron chi connectivity index (χ1n) is 8.07. The van der Waals surface area contributed by atoms with E-state index in [4.69, 9.17) is 16.3 Å². The summed E-state index contributed by atoms with van der Waals surface area (Å²) in [4.78, 5) is 35.3. The molecule has 1 atom stereocenters. The minimum absolute atomic E-state index is 0.126. The van der Waals surface area contributed by atoms with Crippen molar-refractivity contribution < 1.29 is 23.5 Å². The van der Waals surface area contributed by atoms with Crippen molar-refractivity contribution in [3.63, 3.8) is 0 Å². The van der Waals surface area contributed by atoms with Crippen molar-refractivity contribution in [1.29, 1.82) is 0 Å². The molecule has 0 radical (unpaired) electrons. The summed E-state index contributed by atoms with van der Waals surface area (Å²) in [7, 11) is 0. The Morgan fingerprint density at radius 3 is 2.48 bits per heavy atom. The molecule has 27 heavy (non-hydrogen) atoms. The fourth-order valence-corrected chi connectivity index (χ4v) is 2.51. The summed E-state index contributed by atoms with van der Waals surface area (Å²) < 4.78 is 18.1. The number of amides is 2. The lowest BCUT2D eigenvalue weighted by Gasteiger charge is -2.17. The van der Waals surface area contributed by atoms with Gasteiger partial charge in [-0.25, -0.2) is 4.39 Å². The number of carbonyl (C=O) groups excluding carboxylic acids is 3. The Labute approximate surface area is 160 Å². The summed E-state index contributed by atoms with van der Waals surface area (Å²) in [6, 6.07) is 12.1. The van der Waals surface area contributed by atoms with Gasteiger partial charge in [0.15, 0.2) is 6.61 Å². The molecule has 2 aromatic carbocycles. The topological polar surface area (TPSA) is 84.5 Å². The van der Waals surface area contributed by atoms with E-state index in [1.54, 1.807) is 24.3 Å². The van der Waals surface area contributed by atoms with E-state index in [-0.39, 0.29) is 23.0 Å². The summed E-state index contributed by atoms with van der Waals surface area (Å²) in [5.74, 6) is -2.14. The highest BCUT2D eigenvalue weighted by Gasteiger charge is 2.18. The molecule has 0 bridgehead atoms. The minimum atomic E-state index is -0.648. The molecule has 0 spiro atoms. The van der Waals surface area contributed by atoms with Gasteiger partial charge < -0.3 is 15.4 Å². The van der Waals surface area contributed by atoms with Crippen LogP contribution in [-0.4, -0.2) is 24.4 Å². The quantitative estimate of drug-likeness (QED) is 0.708. The van der Waals surface area contributed by atoms with Crippen molar-refractivity contribution in [3.05, 3.63) is 64.9 Å². The van der Waals surface area contributed by atoms with Crippen LogP contribution in [0.25, 0.3) is 0 Å². The maximum Gasteiger partial charge on any atom is 0.308 e. The zero-order valence-corrected chi connectivity index (χ0v) is 15.3. The van der Waals surface area contributed by atoms with Crippen molar-refractivity contribution in [2.75, 3.05) is 11.9 Å². The molecule has 8 heteroatoms. The Hall–Kier alpha value is -2.93. The smallest absolute Gasteiger partial charge is 0.308 e. The summed E-state index contributed by atoms with van der Waals surface area (Å²) in [6.07, 6.45) is -0.126. The van der Waals surface area contributed by atoms with Crippen molar-refractivity contribution in [2.45, 2.75) is 19.4 Å². The molecule has 0 aliphatic carbocycles. The van der Waals surface area contributed by atoms with E-state index in [9.17, 15) is 18.8 Å². The third kappa shape index (κ3) is 6.71. The highest BCUT2D eigenvalue weighted by Crippen LogP contribution is 2.19. The van der Waals surface area contributed by atoms with Crippen molar-refractivity contribution in [1.82, 2.24) is 5.32 Å². The van der Waals surface area contributed by atoms with E-state index in [1.807, 2.05) is 6.07 Å². The van der Waals surface area contributed by atoms with Gasteiger partial charge in [-0.1, -0.05) is 41.9 Å². The predicted molar refractivity (Wildman–Crippen MR) is 98.6 cm³/mol. The van der Waals surface area contributed by atoms with Gasteiger partial charge in [-0.05, 0) is 23.8 Å². The van der Waals surface area contributed by atoms with Gasteiger partial charge in [-0.3, -0.25) is 14.4 Å². The van der Waals surface area contributed by atoms with E-state index in [2.05, 4.69) is 10.6 Å². The Morgan fingerprint density at radius 2 is 1.85 bits per heavy atom. The third-order valence-corrected chi connectivity index (χ3v) is 3.81. The highest BCUT2D eigenvalue weighted by molar-refractivity contribution is 6.31. The summed E-state index contributed by atoms with van der Waals surface area (Å²) >= 11 is 5.64. The molecule has 0 aliphatic heterocycles. The number of esters is 1. The Bertz CT molecular complexity index is 830. The van der Waals surface area contributed by atoms with E-state index in [1.165, 1.54) is 19.1 Å². The summed E-state index contributed by atoms with van der Waals surface area (Å²) in [5.41, 5.74) is 1.03.